The molecule has 13 heteroatoms. The number of hydrogen-bond donors (Lipinski definition) is 1. The summed E-state index contributed by atoms with van der Waals surface area (Å²) in [5.41, 5.74) is -5.04. The van der Waals surface area contributed by atoms with Crippen LogP contribution >= 0.6 is 35.0 Å². The molecule has 6 nitrogen and oxygen atoms in total. The van der Waals surface area contributed by atoms with Gasteiger partial charge in [-0.2, -0.15) is 23.7 Å². The normalized spacial score (nSPS) is 12.4. The Kier molecular flexibility index (Phi) is 9.22. The number of benzene rings is 4. The zero-order valence-electron chi connectivity index (χ0n) is 22.3. The van der Waals surface area contributed by atoms with E-state index in [1.54, 1.807) is 6.92 Å². The lowest BCUT2D eigenvalue weighted by atomic mass is 9.87. The average molecular weight is 660 g/mol. The Morgan fingerprint density at radius 1 is 0.818 bits per heavy atom. The molecule has 0 aliphatic heterocycles. The molecular weight excluding hydrogens is 643 g/mol. The van der Waals surface area contributed by atoms with Crippen molar-refractivity contribution in [3.8, 4) is 12.1 Å². The van der Waals surface area contributed by atoms with Crippen LogP contribution < -0.4 is 9.74 Å². The Morgan fingerprint density at radius 2 is 1.48 bits per heavy atom. The molecule has 0 heterocycles. The second-order valence-electron chi connectivity index (χ2n) is 9.38. The molecule has 0 bridgehead atoms. The second-order valence-corrected chi connectivity index (χ2v) is 10.6. The molecule has 0 saturated heterocycles. The van der Waals surface area contributed by atoms with Gasteiger partial charge in [-0.15, -0.1) is 0 Å². The number of nitrogens with zero attached hydrogens (tertiary/aromatic N) is 3. The molecule has 0 saturated carbocycles. The van der Waals surface area contributed by atoms with Crippen LogP contribution in [0.15, 0.2) is 78.9 Å². The van der Waals surface area contributed by atoms with Gasteiger partial charge in [0.15, 0.2) is 0 Å². The summed E-state index contributed by atoms with van der Waals surface area (Å²) in [4.78, 5) is 26.2. The molecule has 4 aromatic rings. The Balaban J connectivity index is 1.66. The molecule has 0 radical (unpaired) electrons. The highest BCUT2D eigenvalue weighted by Gasteiger charge is 2.58. The number of nitriles is 2. The van der Waals surface area contributed by atoms with Crippen LogP contribution in [0.4, 0.5) is 28.9 Å². The van der Waals surface area contributed by atoms with Gasteiger partial charge in [0, 0.05) is 39.2 Å². The first-order valence-corrected chi connectivity index (χ1v) is 13.5. The maximum atomic E-state index is 15.8. The predicted molar refractivity (Wildman–Crippen MR) is 159 cm³/mol. The van der Waals surface area contributed by atoms with Gasteiger partial charge < -0.3 is 5.32 Å². The SMILES string of the molecule is Cc1cc(C#N)ccc1C(=O)Nc1ccc(C#N)c(C(=O)N(Cl)c2ccc(C(F)(c3ccc(Cl)cc3)C(F)(F)F)cc2Cl)c1. The summed E-state index contributed by atoms with van der Waals surface area (Å²) < 4.78 is 58.5. The lowest BCUT2D eigenvalue weighted by Gasteiger charge is -2.29. The van der Waals surface area contributed by atoms with Crippen LogP contribution in [0, 0.1) is 29.6 Å². The topological polar surface area (TPSA) is 97.0 Å². The van der Waals surface area contributed by atoms with E-state index in [1.807, 2.05) is 12.1 Å². The first kappa shape index (κ1) is 32.3. The second kappa shape index (κ2) is 12.6. The highest BCUT2D eigenvalue weighted by molar-refractivity contribution is 6.43. The summed E-state index contributed by atoms with van der Waals surface area (Å²) in [5.74, 6) is -1.57. The number of hydrogen-bond acceptors (Lipinski definition) is 4. The maximum absolute atomic E-state index is 15.8. The first-order chi connectivity index (χ1) is 20.7. The van der Waals surface area contributed by atoms with Gasteiger partial charge in [-0.3, -0.25) is 9.59 Å². The summed E-state index contributed by atoms with van der Waals surface area (Å²) in [6.07, 6.45) is -5.40. The standard InChI is InChI=1S/C31H17Cl3F4N4O2/c1-17-12-18(15-39)2-10-24(17)28(43)41-23-9-3-19(16-40)25(14-23)29(44)42(34)27-11-6-21(13-26(27)33)30(35,31(36,37)38)20-4-7-22(32)8-5-20/h2-14H,1H3,(H,41,43). The van der Waals surface area contributed by atoms with E-state index in [9.17, 15) is 28.0 Å². The van der Waals surface area contributed by atoms with Crippen LogP contribution in [0.2, 0.25) is 10.0 Å². The van der Waals surface area contributed by atoms with Gasteiger partial charge in [0.2, 0.25) is 0 Å². The number of carbonyl (C=O) groups is 2. The van der Waals surface area contributed by atoms with E-state index in [4.69, 9.17) is 40.2 Å². The molecule has 44 heavy (non-hydrogen) atoms. The number of carbonyl (C=O) groups excluding carboxylic acids is 2. The molecule has 4 rings (SSSR count). The zero-order chi connectivity index (χ0) is 32.4. The monoisotopic (exact) mass is 658 g/mol. The van der Waals surface area contributed by atoms with Gasteiger partial charge in [-0.25, -0.2) is 8.81 Å². The van der Waals surface area contributed by atoms with Gasteiger partial charge >= 0.3 is 6.18 Å². The minimum absolute atomic E-state index is 0.104. The molecule has 1 N–H and O–H groups in total. The largest absolute Gasteiger partial charge is 0.431 e. The van der Waals surface area contributed by atoms with E-state index in [1.165, 1.54) is 36.4 Å². The summed E-state index contributed by atoms with van der Waals surface area (Å²) >= 11 is 18.2. The van der Waals surface area contributed by atoms with Crippen LogP contribution in [0.1, 0.15) is 48.5 Å². The fourth-order valence-corrected chi connectivity index (χ4v) is 5.02. The van der Waals surface area contributed by atoms with Crippen molar-refractivity contribution in [1.82, 2.24) is 0 Å². The molecule has 222 valence electrons. The third-order valence-corrected chi connectivity index (χ3v) is 7.49. The fourth-order valence-electron chi connectivity index (χ4n) is 4.35. The Bertz CT molecular complexity index is 1870. The van der Waals surface area contributed by atoms with E-state index in [2.05, 4.69) is 5.32 Å². The lowest BCUT2D eigenvalue weighted by molar-refractivity contribution is -0.219. The summed E-state index contributed by atoms with van der Waals surface area (Å²) in [6.45, 7) is 1.64. The molecule has 0 aliphatic rings. The molecule has 0 fully saturated rings. The van der Waals surface area contributed by atoms with E-state index in [0.29, 0.717) is 21.6 Å². The lowest BCUT2D eigenvalue weighted by Crippen LogP contribution is -2.39. The van der Waals surface area contributed by atoms with Gasteiger partial charge in [0.25, 0.3) is 17.5 Å². The van der Waals surface area contributed by atoms with Crippen LogP contribution in [0.3, 0.4) is 0 Å². The number of anilines is 2. The smallest absolute Gasteiger partial charge is 0.322 e. The molecule has 0 aromatic heterocycles. The predicted octanol–water partition coefficient (Wildman–Crippen LogP) is 8.87. The van der Waals surface area contributed by atoms with E-state index in [-0.39, 0.29) is 33.1 Å². The van der Waals surface area contributed by atoms with E-state index >= 15 is 4.39 Å². The quantitative estimate of drug-likeness (QED) is 0.165. The third kappa shape index (κ3) is 6.20. The Labute approximate surface area is 263 Å². The number of nitrogens with one attached hydrogen (secondary N) is 1. The number of amides is 2. The van der Waals surface area contributed by atoms with Crippen molar-refractivity contribution in [2.75, 3.05) is 9.74 Å². The van der Waals surface area contributed by atoms with Crippen molar-refractivity contribution in [3.63, 3.8) is 0 Å². The van der Waals surface area contributed by atoms with Crippen molar-refractivity contribution in [2.24, 2.45) is 0 Å². The fraction of sp³-hybridized carbons (Fsp3) is 0.0968. The van der Waals surface area contributed by atoms with Crippen molar-refractivity contribution < 1.29 is 27.2 Å². The molecule has 1 unspecified atom stereocenters. The minimum atomic E-state index is -5.40. The van der Waals surface area contributed by atoms with Gasteiger partial charge in [0.05, 0.1) is 39.5 Å². The number of halogens is 7. The summed E-state index contributed by atoms with van der Waals surface area (Å²) in [6, 6.07) is 18.5. The Morgan fingerprint density at radius 3 is 2.05 bits per heavy atom. The van der Waals surface area contributed by atoms with Crippen LogP contribution in [0.5, 0.6) is 0 Å². The highest BCUT2D eigenvalue weighted by atomic mass is 35.5. The maximum Gasteiger partial charge on any atom is 0.431 e. The Hall–Kier alpha value is -4.61. The van der Waals surface area contributed by atoms with Gasteiger partial charge in [0.1, 0.15) is 0 Å². The molecule has 1 atom stereocenters. The third-order valence-electron chi connectivity index (χ3n) is 6.60. The van der Waals surface area contributed by atoms with E-state index in [0.717, 1.165) is 36.4 Å². The van der Waals surface area contributed by atoms with Gasteiger partial charge in [-0.05, 0) is 73.2 Å². The number of rotatable bonds is 6. The molecule has 4 aromatic carbocycles. The van der Waals surface area contributed by atoms with E-state index < -0.39 is 39.8 Å². The average Bonchev–Trinajstić information content (AvgIpc) is 2.99. The summed E-state index contributed by atoms with van der Waals surface area (Å²) in [7, 11) is 0. The minimum Gasteiger partial charge on any atom is -0.322 e. The molecule has 0 spiro atoms. The van der Waals surface area contributed by atoms with Crippen molar-refractivity contribution in [3.05, 3.63) is 128 Å². The van der Waals surface area contributed by atoms with Gasteiger partial charge in [-0.1, -0.05) is 41.4 Å². The number of alkyl halides is 4. The van der Waals surface area contributed by atoms with Crippen molar-refractivity contribution >= 4 is 58.2 Å². The first-order valence-electron chi connectivity index (χ1n) is 12.4. The van der Waals surface area contributed by atoms with Crippen molar-refractivity contribution in [1.29, 1.82) is 10.5 Å². The van der Waals surface area contributed by atoms with Crippen LogP contribution in [0.25, 0.3) is 0 Å². The molecule has 2 amide bonds. The van der Waals surface area contributed by atoms with Crippen LogP contribution in [-0.4, -0.2) is 18.0 Å². The number of aryl methyl sites for hydroxylation is 1. The summed E-state index contributed by atoms with van der Waals surface area (Å²) in [5, 5.41) is 20.8. The van der Waals surface area contributed by atoms with Crippen LogP contribution in [-0.2, 0) is 5.67 Å². The highest BCUT2D eigenvalue weighted by Crippen LogP contribution is 2.49. The zero-order valence-corrected chi connectivity index (χ0v) is 24.6. The molecule has 0 aliphatic carbocycles. The van der Waals surface area contributed by atoms with Crippen molar-refractivity contribution in [2.45, 2.75) is 18.8 Å². The molecular formula is C31H17Cl3F4N4O2.